The summed E-state index contributed by atoms with van der Waals surface area (Å²) in [5.74, 6) is 0.146. The molecule has 0 radical (unpaired) electrons. The van der Waals surface area contributed by atoms with Crippen LogP contribution in [-0.4, -0.2) is 22.3 Å². The number of nitrogens with zero attached hydrogens (tertiary/aromatic N) is 1. The molecule has 2 heterocycles. The smallest absolute Gasteiger partial charge is 0.255 e. The highest BCUT2D eigenvalue weighted by Gasteiger charge is 2.37. The van der Waals surface area contributed by atoms with Crippen molar-refractivity contribution in [3.05, 3.63) is 71.4 Å². The zero-order chi connectivity index (χ0) is 15.1. The van der Waals surface area contributed by atoms with Crippen molar-refractivity contribution in [3.8, 4) is 0 Å². The first-order chi connectivity index (χ1) is 10.8. The maximum Gasteiger partial charge on any atom is 0.255 e. The van der Waals surface area contributed by atoms with Crippen molar-refractivity contribution in [2.45, 2.75) is 19.4 Å². The van der Waals surface area contributed by atoms with Crippen LogP contribution in [0, 0.1) is 0 Å². The van der Waals surface area contributed by atoms with E-state index in [4.69, 9.17) is 0 Å². The Kier molecular flexibility index (Phi) is 3.00. The predicted molar refractivity (Wildman–Crippen MR) is 87.9 cm³/mol. The van der Waals surface area contributed by atoms with Crippen LogP contribution in [0.4, 0.5) is 0 Å². The van der Waals surface area contributed by atoms with Gasteiger partial charge < -0.3 is 9.88 Å². The van der Waals surface area contributed by atoms with Crippen molar-refractivity contribution in [2.75, 3.05) is 6.54 Å². The monoisotopic (exact) mass is 290 g/mol. The number of rotatable bonds is 3. The molecule has 0 bridgehead atoms. The van der Waals surface area contributed by atoms with Gasteiger partial charge in [-0.25, -0.2) is 0 Å². The van der Waals surface area contributed by atoms with E-state index in [1.165, 1.54) is 10.9 Å². The molecule has 110 valence electrons. The number of aromatic nitrogens is 1. The van der Waals surface area contributed by atoms with Crippen LogP contribution in [0.2, 0.25) is 0 Å². The molecular formula is C19H18N2O. The Morgan fingerprint density at radius 1 is 1.05 bits per heavy atom. The van der Waals surface area contributed by atoms with E-state index >= 15 is 0 Å². The van der Waals surface area contributed by atoms with Crippen LogP contribution < -0.4 is 0 Å². The zero-order valence-corrected chi connectivity index (χ0v) is 12.5. The molecule has 1 atom stereocenters. The standard InChI is InChI=1S/C19H18N2O/c1-2-11-21-18(14-8-3-4-9-15(14)19(21)22)16-12-20-17-10-6-5-7-13(16)17/h3-10,12,18,20H,2,11H2,1H3/t18-/m1/s1. The molecule has 0 unspecified atom stereocenters. The maximum absolute atomic E-state index is 12.7. The van der Waals surface area contributed by atoms with E-state index in [9.17, 15) is 4.79 Å². The summed E-state index contributed by atoms with van der Waals surface area (Å²) >= 11 is 0. The van der Waals surface area contributed by atoms with Crippen LogP contribution >= 0.6 is 0 Å². The van der Waals surface area contributed by atoms with Gasteiger partial charge in [0.25, 0.3) is 5.91 Å². The van der Waals surface area contributed by atoms with E-state index in [1.54, 1.807) is 0 Å². The van der Waals surface area contributed by atoms with Crippen molar-refractivity contribution >= 4 is 16.8 Å². The molecule has 0 saturated carbocycles. The molecule has 1 aromatic heterocycles. The Bertz CT molecular complexity index is 849. The fourth-order valence-corrected chi connectivity index (χ4v) is 3.50. The summed E-state index contributed by atoms with van der Waals surface area (Å²) in [6, 6.07) is 16.3. The van der Waals surface area contributed by atoms with E-state index in [-0.39, 0.29) is 11.9 Å². The molecule has 4 rings (SSSR count). The number of benzene rings is 2. The summed E-state index contributed by atoms with van der Waals surface area (Å²) in [5.41, 5.74) is 4.25. The molecule has 0 aliphatic carbocycles. The molecule has 0 fully saturated rings. The summed E-state index contributed by atoms with van der Waals surface area (Å²) in [5, 5.41) is 1.19. The highest BCUT2D eigenvalue weighted by molar-refractivity contribution is 6.00. The molecule has 1 aliphatic rings. The topological polar surface area (TPSA) is 36.1 Å². The number of hydrogen-bond donors (Lipinski definition) is 1. The molecule has 1 amide bonds. The average molecular weight is 290 g/mol. The summed E-state index contributed by atoms with van der Waals surface area (Å²) in [6.07, 6.45) is 3.01. The number of H-pyrrole nitrogens is 1. The van der Waals surface area contributed by atoms with Gasteiger partial charge in [0, 0.05) is 34.8 Å². The number of fused-ring (bicyclic) bond motifs is 2. The summed E-state index contributed by atoms with van der Waals surface area (Å²) < 4.78 is 0. The van der Waals surface area contributed by atoms with E-state index in [0.717, 1.165) is 29.6 Å². The summed E-state index contributed by atoms with van der Waals surface area (Å²) in [6.45, 7) is 2.89. The van der Waals surface area contributed by atoms with Gasteiger partial charge in [-0.05, 0) is 24.1 Å². The molecule has 3 aromatic rings. The van der Waals surface area contributed by atoms with Crippen molar-refractivity contribution < 1.29 is 4.79 Å². The highest BCUT2D eigenvalue weighted by atomic mass is 16.2. The molecule has 1 aliphatic heterocycles. The van der Waals surface area contributed by atoms with Crippen LogP contribution in [0.25, 0.3) is 10.9 Å². The Morgan fingerprint density at radius 2 is 1.82 bits per heavy atom. The molecule has 0 saturated heterocycles. The molecule has 3 nitrogen and oxygen atoms in total. The van der Waals surface area contributed by atoms with Gasteiger partial charge in [-0.15, -0.1) is 0 Å². The first kappa shape index (κ1) is 13.1. The molecule has 2 aromatic carbocycles. The third-order valence-corrected chi connectivity index (χ3v) is 4.44. The lowest BCUT2D eigenvalue weighted by atomic mass is 9.97. The first-order valence-corrected chi connectivity index (χ1v) is 7.77. The Balaban J connectivity index is 1.93. The zero-order valence-electron chi connectivity index (χ0n) is 12.5. The second kappa shape index (κ2) is 5.02. The SMILES string of the molecule is CCCN1C(=O)c2ccccc2[C@@H]1c1c[nH]c2ccccc12. The fraction of sp³-hybridized carbons (Fsp3) is 0.211. The quantitative estimate of drug-likeness (QED) is 0.773. The van der Waals surface area contributed by atoms with Crippen molar-refractivity contribution in [3.63, 3.8) is 0 Å². The Hall–Kier alpha value is -2.55. The fourth-order valence-electron chi connectivity index (χ4n) is 3.50. The summed E-state index contributed by atoms with van der Waals surface area (Å²) in [7, 11) is 0. The normalized spacial score (nSPS) is 17.2. The lowest BCUT2D eigenvalue weighted by Crippen LogP contribution is -2.29. The van der Waals surface area contributed by atoms with Crippen LogP contribution in [0.1, 0.15) is 40.9 Å². The van der Waals surface area contributed by atoms with Gasteiger partial charge in [0.2, 0.25) is 0 Å². The van der Waals surface area contributed by atoms with E-state index < -0.39 is 0 Å². The van der Waals surface area contributed by atoms with Gasteiger partial charge in [0.1, 0.15) is 0 Å². The number of carbonyl (C=O) groups is 1. The molecule has 3 heteroatoms. The highest BCUT2D eigenvalue weighted by Crippen LogP contribution is 2.40. The summed E-state index contributed by atoms with van der Waals surface area (Å²) in [4.78, 5) is 18.1. The number of carbonyl (C=O) groups excluding carboxylic acids is 1. The van der Waals surface area contributed by atoms with Crippen molar-refractivity contribution in [2.24, 2.45) is 0 Å². The maximum atomic E-state index is 12.7. The number of hydrogen-bond acceptors (Lipinski definition) is 1. The largest absolute Gasteiger partial charge is 0.361 e. The second-order valence-electron chi connectivity index (χ2n) is 5.78. The number of amides is 1. The number of nitrogens with one attached hydrogen (secondary N) is 1. The van der Waals surface area contributed by atoms with E-state index in [1.807, 2.05) is 41.4 Å². The van der Waals surface area contributed by atoms with Gasteiger partial charge in [-0.2, -0.15) is 0 Å². The van der Waals surface area contributed by atoms with Gasteiger partial charge in [0.15, 0.2) is 0 Å². The molecule has 0 spiro atoms. The van der Waals surface area contributed by atoms with Crippen molar-refractivity contribution in [1.29, 1.82) is 0 Å². The minimum atomic E-state index is 0.0137. The van der Waals surface area contributed by atoms with Crippen LogP contribution in [0.3, 0.4) is 0 Å². The van der Waals surface area contributed by atoms with Gasteiger partial charge in [-0.1, -0.05) is 43.3 Å². The molecule has 22 heavy (non-hydrogen) atoms. The van der Waals surface area contributed by atoms with Crippen LogP contribution in [0.5, 0.6) is 0 Å². The lowest BCUT2D eigenvalue weighted by Gasteiger charge is -2.24. The minimum absolute atomic E-state index is 0.0137. The van der Waals surface area contributed by atoms with Gasteiger partial charge in [0.05, 0.1) is 6.04 Å². The van der Waals surface area contributed by atoms with Crippen LogP contribution in [0.15, 0.2) is 54.7 Å². The second-order valence-corrected chi connectivity index (χ2v) is 5.78. The van der Waals surface area contributed by atoms with Gasteiger partial charge in [-0.3, -0.25) is 4.79 Å². The van der Waals surface area contributed by atoms with Crippen molar-refractivity contribution in [1.82, 2.24) is 9.88 Å². The third kappa shape index (κ3) is 1.78. The van der Waals surface area contributed by atoms with Gasteiger partial charge >= 0.3 is 0 Å². The third-order valence-electron chi connectivity index (χ3n) is 4.44. The number of aromatic amines is 1. The Morgan fingerprint density at radius 3 is 2.68 bits per heavy atom. The van der Waals surface area contributed by atoms with E-state index in [2.05, 4.69) is 30.1 Å². The Labute approximate surface area is 129 Å². The lowest BCUT2D eigenvalue weighted by molar-refractivity contribution is 0.0750. The van der Waals surface area contributed by atoms with Crippen LogP contribution in [-0.2, 0) is 0 Å². The first-order valence-electron chi connectivity index (χ1n) is 7.77. The minimum Gasteiger partial charge on any atom is -0.361 e. The predicted octanol–water partition coefficient (Wildman–Crippen LogP) is 4.12. The average Bonchev–Trinajstić information content (AvgIpc) is 3.09. The van der Waals surface area contributed by atoms with E-state index in [0.29, 0.717) is 0 Å². The number of para-hydroxylation sites is 1. The molecular weight excluding hydrogens is 272 g/mol. The molecule has 1 N–H and O–H groups in total.